The summed E-state index contributed by atoms with van der Waals surface area (Å²) < 4.78 is 5.23. The fraction of sp³-hybridized carbons (Fsp3) is 0.308. The Hall–Kier alpha value is -2.01. The van der Waals surface area contributed by atoms with Crippen LogP contribution in [0.4, 0.5) is 5.69 Å². The molecule has 2 aromatic rings. The number of amides is 1. The maximum absolute atomic E-state index is 12.0. The number of aromatic nitrogens is 1. The number of hydrogen-bond acceptors (Lipinski definition) is 3. The fourth-order valence-corrected chi connectivity index (χ4v) is 2.21. The summed E-state index contributed by atoms with van der Waals surface area (Å²) in [4.78, 5) is 15.1. The standard InChI is InChI=1S/C13H15N3O2/c14-10-3-1-2-8-6-11(16-12(8)10)13(17)15-9-4-5-18-7-9/h1-3,6,9,16H,4-5,7,14H2,(H,15,17). The lowest BCUT2D eigenvalue weighted by atomic mass is 10.2. The Kier molecular flexibility index (Phi) is 2.68. The number of nitrogens with one attached hydrogen (secondary N) is 2. The van der Waals surface area contributed by atoms with E-state index in [2.05, 4.69) is 10.3 Å². The van der Waals surface area contributed by atoms with Gasteiger partial charge in [-0.1, -0.05) is 12.1 Å². The highest BCUT2D eigenvalue weighted by atomic mass is 16.5. The minimum absolute atomic E-state index is 0.110. The number of benzene rings is 1. The number of carbonyl (C=O) groups excluding carboxylic acids is 1. The molecule has 1 amide bonds. The first-order valence-corrected chi connectivity index (χ1v) is 6.00. The molecule has 18 heavy (non-hydrogen) atoms. The van der Waals surface area contributed by atoms with Gasteiger partial charge in [0.25, 0.3) is 5.91 Å². The van der Waals surface area contributed by atoms with Gasteiger partial charge in [-0.2, -0.15) is 0 Å². The monoisotopic (exact) mass is 245 g/mol. The van der Waals surface area contributed by atoms with Gasteiger partial charge in [-0.3, -0.25) is 4.79 Å². The van der Waals surface area contributed by atoms with Crippen LogP contribution < -0.4 is 11.1 Å². The molecule has 0 saturated carbocycles. The van der Waals surface area contributed by atoms with Crippen LogP contribution in [0, 0.1) is 0 Å². The molecular weight excluding hydrogens is 230 g/mol. The van der Waals surface area contributed by atoms with Gasteiger partial charge in [-0.05, 0) is 18.6 Å². The van der Waals surface area contributed by atoms with Crippen LogP contribution in [0.2, 0.25) is 0 Å². The summed E-state index contributed by atoms with van der Waals surface area (Å²) in [5.74, 6) is -0.110. The van der Waals surface area contributed by atoms with E-state index in [4.69, 9.17) is 10.5 Å². The van der Waals surface area contributed by atoms with Gasteiger partial charge in [-0.15, -0.1) is 0 Å². The van der Waals surface area contributed by atoms with Crippen LogP contribution in [0.5, 0.6) is 0 Å². The number of ether oxygens (including phenoxy) is 1. The predicted octanol–water partition coefficient (Wildman–Crippen LogP) is 1.27. The molecule has 2 heterocycles. The second-order valence-corrected chi connectivity index (χ2v) is 4.53. The highest BCUT2D eigenvalue weighted by molar-refractivity contribution is 6.00. The molecule has 0 radical (unpaired) electrons. The lowest BCUT2D eigenvalue weighted by molar-refractivity contribution is 0.0925. The molecule has 1 aromatic carbocycles. The Morgan fingerprint density at radius 3 is 3.11 bits per heavy atom. The third kappa shape index (κ3) is 1.93. The van der Waals surface area contributed by atoms with E-state index < -0.39 is 0 Å². The van der Waals surface area contributed by atoms with E-state index >= 15 is 0 Å². The van der Waals surface area contributed by atoms with Gasteiger partial charge in [0, 0.05) is 12.0 Å². The van der Waals surface area contributed by atoms with E-state index in [1.807, 2.05) is 24.3 Å². The average molecular weight is 245 g/mol. The topological polar surface area (TPSA) is 80.1 Å². The lowest BCUT2D eigenvalue weighted by Crippen LogP contribution is -2.35. The molecular formula is C13H15N3O2. The molecule has 1 fully saturated rings. The zero-order valence-corrected chi connectivity index (χ0v) is 9.90. The maximum atomic E-state index is 12.0. The Balaban J connectivity index is 1.85. The summed E-state index contributed by atoms with van der Waals surface area (Å²) in [6, 6.07) is 7.54. The highest BCUT2D eigenvalue weighted by Gasteiger charge is 2.19. The van der Waals surface area contributed by atoms with Crippen molar-refractivity contribution in [1.82, 2.24) is 10.3 Å². The minimum atomic E-state index is -0.110. The fourth-order valence-electron chi connectivity index (χ4n) is 2.21. The molecule has 0 bridgehead atoms. The minimum Gasteiger partial charge on any atom is -0.397 e. The van der Waals surface area contributed by atoms with E-state index in [1.165, 1.54) is 0 Å². The SMILES string of the molecule is Nc1cccc2cc(C(=O)NC3CCOC3)[nH]c12. The Bertz CT molecular complexity index is 585. The summed E-state index contributed by atoms with van der Waals surface area (Å²) in [6.07, 6.45) is 0.869. The molecule has 1 aliphatic rings. The summed E-state index contributed by atoms with van der Waals surface area (Å²) in [5, 5.41) is 3.89. The van der Waals surface area contributed by atoms with Gasteiger partial charge >= 0.3 is 0 Å². The second-order valence-electron chi connectivity index (χ2n) is 4.53. The first-order chi connectivity index (χ1) is 8.74. The van der Waals surface area contributed by atoms with Crippen molar-refractivity contribution in [3.8, 4) is 0 Å². The van der Waals surface area contributed by atoms with Crippen LogP contribution in [0.15, 0.2) is 24.3 Å². The number of carbonyl (C=O) groups is 1. The third-order valence-electron chi connectivity index (χ3n) is 3.20. The number of anilines is 1. The molecule has 0 aliphatic carbocycles. The van der Waals surface area contributed by atoms with Crippen molar-refractivity contribution in [3.63, 3.8) is 0 Å². The van der Waals surface area contributed by atoms with Crippen molar-refractivity contribution in [2.24, 2.45) is 0 Å². The van der Waals surface area contributed by atoms with E-state index in [-0.39, 0.29) is 11.9 Å². The predicted molar refractivity (Wildman–Crippen MR) is 69.4 cm³/mol. The van der Waals surface area contributed by atoms with Crippen LogP contribution in [0.25, 0.3) is 10.9 Å². The summed E-state index contributed by atoms with van der Waals surface area (Å²) in [6.45, 7) is 1.30. The van der Waals surface area contributed by atoms with E-state index in [0.29, 0.717) is 24.6 Å². The lowest BCUT2D eigenvalue weighted by Gasteiger charge is -2.08. The number of nitrogen functional groups attached to an aromatic ring is 1. The quantitative estimate of drug-likeness (QED) is 0.697. The molecule has 5 nitrogen and oxygen atoms in total. The van der Waals surface area contributed by atoms with Crippen molar-refractivity contribution in [3.05, 3.63) is 30.0 Å². The van der Waals surface area contributed by atoms with Crippen molar-refractivity contribution >= 4 is 22.5 Å². The zero-order valence-electron chi connectivity index (χ0n) is 9.90. The summed E-state index contributed by atoms with van der Waals surface area (Å²) in [5.41, 5.74) is 7.85. The highest BCUT2D eigenvalue weighted by Crippen LogP contribution is 2.21. The van der Waals surface area contributed by atoms with Gasteiger partial charge in [-0.25, -0.2) is 0 Å². The van der Waals surface area contributed by atoms with Gasteiger partial charge in [0.15, 0.2) is 0 Å². The van der Waals surface area contributed by atoms with E-state index in [1.54, 1.807) is 0 Å². The van der Waals surface area contributed by atoms with Crippen molar-refractivity contribution in [2.45, 2.75) is 12.5 Å². The van der Waals surface area contributed by atoms with E-state index in [0.717, 1.165) is 17.3 Å². The van der Waals surface area contributed by atoms with Crippen LogP contribution in [-0.2, 0) is 4.74 Å². The zero-order chi connectivity index (χ0) is 12.5. The van der Waals surface area contributed by atoms with E-state index in [9.17, 15) is 4.79 Å². The first-order valence-electron chi connectivity index (χ1n) is 6.00. The number of nitrogens with two attached hydrogens (primary N) is 1. The Morgan fingerprint density at radius 1 is 1.50 bits per heavy atom. The van der Waals surface area contributed by atoms with Crippen LogP contribution in [0.1, 0.15) is 16.9 Å². The van der Waals surface area contributed by atoms with Crippen molar-refractivity contribution < 1.29 is 9.53 Å². The molecule has 0 spiro atoms. The number of rotatable bonds is 2. The normalized spacial score (nSPS) is 19.2. The van der Waals surface area contributed by atoms with Gasteiger partial charge in [0.05, 0.1) is 23.9 Å². The third-order valence-corrected chi connectivity index (χ3v) is 3.20. The number of aromatic amines is 1. The maximum Gasteiger partial charge on any atom is 0.268 e. The molecule has 5 heteroatoms. The van der Waals surface area contributed by atoms with Gasteiger partial charge in [0.2, 0.25) is 0 Å². The number of para-hydroxylation sites is 1. The van der Waals surface area contributed by atoms with Gasteiger partial charge in [0.1, 0.15) is 5.69 Å². The second kappa shape index (κ2) is 4.34. The molecule has 1 atom stereocenters. The first kappa shape index (κ1) is 11.1. The molecule has 4 N–H and O–H groups in total. The van der Waals surface area contributed by atoms with Crippen LogP contribution in [0.3, 0.4) is 0 Å². The molecule has 3 rings (SSSR count). The van der Waals surface area contributed by atoms with Crippen LogP contribution in [-0.4, -0.2) is 30.1 Å². The Labute approximate surface area is 104 Å². The van der Waals surface area contributed by atoms with Crippen molar-refractivity contribution in [1.29, 1.82) is 0 Å². The van der Waals surface area contributed by atoms with Crippen molar-refractivity contribution in [2.75, 3.05) is 18.9 Å². The molecule has 94 valence electrons. The molecule has 1 aromatic heterocycles. The summed E-state index contributed by atoms with van der Waals surface area (Å²) in [7, 11) is 0. The molecule has 1 saturated heterocycles. The average Bonchev–Trinajstić information content (AvgIpc) is 2.97. The smallest absolute Gasteiger partial charge is 0.268 e. The summed E-state index contributed by atoms with van der Waals surface area (Å²) >= 11 is 0. The number of hydrogen-bond donors (Lipinski definition) is 3. The van der Waals surface area contributed by atoms with Gasteiger partial charge < -0.3 is 20.8 Å². The van der Waals surface area contributed by atoms with Crippen LogP contribution >= 0.6 is 0 Å². The Morgan fingerprint density at radius 2 is 2.39 bits per heavy atom. The molecule has 1 unspecified atom stereocenters. The molecule has 1 aliphatic heterocycles. The largest absolute Gasteiger partial charge is 0.397 e. The number of fused-ring (bicyclic) bond motifs is 1. The number of H-pyrrole nitrogens is 1.